The average molecular weight is 292 g/mol. The van der Waals surface area contributed by atoms with Gasteiger partial charge in [-0.15, -0.1) is 0 Å². The fourth-order valence-corrected chi connectivity index (χ4v) is 1.81. The van der Waals surface area contributed by atoms with Crippen LogP contribution in [0.4, 0.5) is 0 Å². The normalized spacial score (nSPS) is 12.1. The molecule has 0 fully saturated rings. The maximum atomic E-state index is 12.2. The molecule has 116 valence electrons. The van der Waals surface area contributed by atoms with Crippen molar-refractivity contribution in [1.29, 1.82) is 0 Å². The molecule has 0 heterocycles. The van der Waals surface area contributed by atoms with Gasteiger partial charge in [-0.3, -0.25) is 9.59 Å². The predicted octanol–water partition coefficient (Wildman–Crippen LogP) is 1.67. The number of nitrogens with one attached hydrogen (secondary N) is 1. The molecule has 1 aromatic carbocycles. The fraction of sp³-hybridized carbons (Fsp3) is 0.500. The standard InChI is InChI=1S/C16H24N2O3/c1-11(2)17-15(20)13-5-7-14(8-6-13)16(21)18(4)10-9-12(3)19/h5-8,11-12,19H,9-10H2,1-4H3,(H,17,20). The first kappa shape index (κ1) is 17.2. The minimum atomic E-state index is -0.428. The van der Waals surface area contributed by atoms with Crippen LogP contribution in [0.15, 0.2) is 24.3 Å². The number of aliphatic hydroxyl groups excluding tert-OH is 1. The van der Waals surface area contributed by atoms with Crippen molar-refractivity contribution in [2.24, 2.45) is 0 Å². The van der Waals surface area contributed by atoms with E-state index in [2.05, 4.69) is 5.32 Å². The Bertz CT molecular complexity index is 481. The lowest BCUT2D eigenvalue weighted by atomic mass is 10.1. The summed E-state index contributed by atoms with van der Waals surface area (Å²) in [7, 11) is 1.70. The number of carbonyl (C=O) groups is 2. The lowest BCUT2D eigenvalue weighted by molar-refractivity contribution is 0.0768. The molecule has 2 amide bonds. The second-order valence-corrected chi connectivity index (χ2v) is 5.57. The third-order valence-electron chi connectivity index (χ3n) is 3.04. The number of hydrogen-bond donors (Lipinski definition) is 2. The number of hydrogen-bond acceptors (Lipinski definition) is 3. The molecular formula is C16H24N2O3. The maximum Gasteiger partial charge on any atom is 0.253 e. The minimum Gasteiger partial charge on any atom is -0.393 e. The fourth-order valence-electron chi connectivity index (χ4n) is 1.81. The molecule has 5 nitrogen and oxygen atoms in total. The molecule has 0 aliphatic carbocycles. The Morgan fingerprint density at radius 3 is 2.14 bits per heavy atom. The van der Waals surface area contributed by atoms with E-state index in [9.17, 15) is 14.7 Å². The SMILES string of the molecule is CC(O)CCN(C)C(=O)c1ccc(C(=O)NC(C)C)cc1. The Morgan fingerprint density at radius 2 is 1.67 bits per heavy atom. The highest BCUT2D eigenvalue weighted by molar-refractivity contribution is 5.97. The van der Waals surface area contributed by atoms with E-state index in [-0.39, 0.29) is 17.9 Å². The van der Waals surface area contributed by atoms with Crippen molar-refractivity contribution >= 4 is 11.8 Å². The van der Waals surface area contributed by atoms with Gasteiger partial charge in [0.15, 0.2) is 0 Å². The largest absolute Gasteiger partial charge is 0.393 e. The van der Waals surface area contributed by atoms with Crippen LogP contribution >= 0.6 is 0 Å². The smallest absolute Gasteiger partial charge is 0.253 e. The molecule has 0 radical (unpaired) electrons. The van der Waals surface area contributed by atoms with Gasteiger partial charge in [0, 0.05) is 30.8 Å². The van der Waals surface area contributed by atoms with Gasteiger partial charge in [-0.05, 0) is 51.5 Å². The summed E-state index contributed by atoms with van der Waals surface area (Å²) in [5, 5.41) is 12.0. The molecule has 0 saturated carbocycles. The van der Waals surface area contributed by atoms with Gasteiger partial charge in [-0.25, -0.2) is 0 Å². The van der Waals surface area contributed by atoms with Crippen LogP contribution in [0.3, 0.4) is 0 Å². The zero-order valence-corrected chi connectivity index (χ0v) is 13.1. The van der Waals surface area contributed by atoms with E-state index in [1.54, 1.807) is 43.1 Å². The van der Waals surface area contributed by atoms with Gasteiger partial charge in [-0.1, -0.05) is 0 Å². The van der Waals surface area contributed by atoms with E-state index in [1.807, 2.05) is 13.8 Å². The van der Waals surface area contributed by atoms with Crippen LogP contribution in [-0.4, -0.2) is 47.6 Å². The van der Waals surface area contributed by atoms with E-state index in [1.165, 1.54) is 0 Å². The molecule has 1 unspecified atom stereocenters. The molecule has 1 aromatic rings. The number of benzene rings is 1. The molecule has 0 saturated heterocycles. The van der Waals surface area contributed by atoms with Gasteiger partial charge in [0.25, 0.3) is 11.8 Å². The van der Waals surface area contributed by atoms with E-state index < -0.39 is 6.10 Å². The first-order chi connectivity index (χ1) is 9.81. The maximum absolute atomic E-state index is 12.2. The zero-order valence-electron chi connectivity index (χ0n) is 13.1. The summed E-state index contributed by atoms with van der Waals surface area (Å²) in [6.45, 7) is 5.98. The molecule has 2 N–H and O–H groups in total. The molecule has 1 rings (SSSR count). The number of aliphatic hydroxyl groups is 1. The van der Waals surface area contributed by atoms with Crippen LogP contribution in [0.2, 0.25) is 0 Å². The van der Waals surface area contributed by atoms with Gasteiger partial charge in [0.1, 0.15) is 0 Å². The Morgan fingerprint density at radius 1 is 1.14 bits per heavy atom. The Kier molecular flexibility index (Phi) is 6.37. The monoisotopic (exact) mass is 292 g/mol. The van der Waals surface area contributed by atoms with Crippen molar-refractivity contribution in [3.8, 4) is 0 Å². The molecule has 0 spiro atoms. The van der Waals surface area contributed by atoms with Gasteiger partial charge < -0.3 is 15.3 Å². The first-order valence-electron chi connectivity index (χ1n) is 7.15. The number of nitrogens with zero attached hydrogens (tertiary/aromatic N) is 1. The Labute approximate surface area is 126 Å². The molecule has 0 aromatic heterocycles. The van der Waals surface area contributed by atoms with E-state index >= 15 is 0 Å². The Balaban J connectivity index is 2.68. The van der Waals surface area contributed by atoms with E-state index in [4.69, 9.17) is 0 Å². The summed E-state index contributed by atoms with van der Waals surface area (Å²) >= 11 is 0. The molecule has 0 aliphatic rings. The average Bonchev–Trinajstić information content (AvgIpc) is 2.43. The van der Waals surface area contributed by atoms with Crippen LogP contribution in [0.5, 0.6) is 0 Å². The van der Waals surface area contributed by atoms with Crippen LogP contribution in [0, 0.1) is 0 Å². The molecule has 0 aliphatic heterocycles. The van der Waals surface area contributed by atoms with Crippen molar-refractivity contribution in [3.05, 3.63) is 35.4 Å². The lowest BCUT2D eigenvalue weighted by Gasteiger charge is -2.18. The van der Waals surface area contributed by atoms with Gasteiger partial charge in [0.05, 0.1) is 6.10 Å². The van der Waals surface area contributed by atoms with Gasteiger partial charge >= 0.3 is 0 Å². The molecule has 0 bridgehead atoms. The summed E-state index contributed by atoms with van der Waals surface area (Å²) in [4.78, 5) is 25.5. The summed E-state index contributed by atoms with van der Waals surface area (Å²) < 4.78 is 0. The van der Waals surface area contributed by atoms with Crippen LogP contribution in [0.25, 0.3) is 0 Å². The van der Waals surface area contributed by atoms with Gasteiger partial charge in [0.2, 0.25) is 0 Å². The van der Waals surface area contributed by atoms with Crippen molar-refractivity contribution in [2.75, 3.05) is 13.6 Å². The van der Waals surface area contributed by atoms with Crippen molar-refractivity contribution in [3.63, 3.8) is 0 Å². The van der Waals surface area contributed by atoms with Crippen LogP contribution in [-0.2, 0) is 0 Å². The molecule has 1 atom stereocenters. The molecule has 21 heavy (non-hydrogen) atoms. The number of amides is 2. The van der Waals surface area contributed by atoms with E-state index in [0.29, 0.717) is 24.1 Å². The summed E-state index contributed by atoms with van der Waals surface area (Å²) in [6.07, 6.45) is 0.110. The second-order valence-electron chi connectivity index (χ2n) is 5.57. The van der Waals surface area contributed by atoms with E-state index in [0.717, 1.165) is 0 Å². The van der Waals surface area contributed by atoms with Crippen molar-refractivity contribution in [2.45, 2.75) is 39.3 Å². The van der Waals surface area contributed by atoms with Crippen molar-refractivity contribution < 1.29 is 14.7 Å². The third-order valence-corrected chi connectivity index (χ3v) is 3.04. The number of rotatable bonds is 6. The highest BCUT2D eigenvalue weighted by Gasteiger charge is 2.13. The number of carbonyl (C=O) groups excluding carboxylic acids is 2. The molecular weight excluding hydrogens is 268 g/mol. The highest BCUT2D eigenvalue weighted by atomic mass is 16.3. The Hall–Kier alpha value is -1.88. The zero-order chi connectivity index (χ0) is 16.0. The van der Waals surface area contributed by atoms with Crippen molar-refractivity contribution in [1.82, 2.24) is 10.2 Å². The quantitative estimate of drug-likeness (QED) is 0.838. The van der Waals surface area contributed by atoms with Crippen LogP contribution in [0.1, 0.15) is 47.9 Å². The first-order valence-corrected chi connectivity index (χ1v) is 7.15. The third kappa shape index (κ3) is 5.55. The minimum absolute atomic E-state index is 0.0745. The predicted molar refractivity (Wildman–Crippen MR) is 82.3 cm³/mol. The lowest BCUT2D eigenvalue weighted by Crippen LogP contribution is -2.31. The van der Waals surface area contributed by atoms with Gasteiger partial charge in [-0.2, -0.15) is 0 Å². The molecule has 5 heteroatoms. The topological polar surface area (TPSA) is 69.6 Å². The summed E-state index contributed by atoms with van der Waals surface area (Å²) in [5.74, 6) is -0.266. The summed E-state index contributed by atoms with van der Waals surface area (Å²) in [5.41, 5.74) is 1.07. The second kappa shape index (κ2) is 7.78. The summed E-state index contributed by atoms with van der Waals surface area (Å²) in [6, 6.07) is 6.67. The highest BCUT2D eigenvalue weighted by Crippen LogP contribution is 2.08. The van der Waals surface area contributed by atoms with Crippen LogP contribution < -0.4 is 5.32 Å².